The molecule has 10 fully saturated rings. The van der Waals surface area contributed by atoms with Gasteiger partial charge in [-0.2, -0.15) is 0 Å². The van der Waals surface area contributed by atoms with Crippen molar-refractivity contribution in [3.05, 3.63) is 0 Å². The number of rotatable bonds is 0. The Morgan fingerprint density at radius 3 is 0.648 bits per heavy atom. The van der Waals surface area contributed by atoms with Gasteiger partial charge in [0.1, 0.15) is 0 Å². The standard InChI is InChI=1S/C16H30.C14H29N.C13H26N2O.C13H28N2.C13H27N.2C12H24N2O.C12H26N2.2CH4/c1-13(2,3)15-7-10-16(11-8-15,12-9-15)14(4,5)6;1-12(2,3)14(7)8-10-15(11-9-14)13(4,5)6;1-12(2,3)14-8-7-11(16)15(10-9-14)13(4,5)6;1-12(2,3)14-8-7-9-15(11-10-14)13(4,5)6;1-12(2,3)11-7-9-14(10-8-11)13(4,5)6;2*1-11(2,3)13-7-8-14(10(15)9-13)12(4,5)6;1-11(2,3)13-7-9-14(10-8-13)12(4,5)6;;/h7-12H2,1-6H3;8-11H2,1-7H3;7-10H2,1-6H3;7-11H2,1-6H3;11H,7-10H2,1-6H3;2*7-9H2,1-6H3;7-10H2,1-6H3;2*1H4. The average Bonchev–Trinajstić information content (AvgIpc) is 0.771. The topological polar surface area (TPSA) is 90.1 Å². The summed E-state index contributed by atoms with van der Waals surface area (Å²) in [7, 11) is 0. The first-order chi connectivity index (χ1) is 53.2. The van der Waals surface area contributed by atoms with Gasteiger partial charge < -0.3 is 14.7 Å². The van der Waals surface area contributed by atoms with E-state index >= 15 is 0 Å². The van der Waals surface area contributed by atoms with Crippen LogP contribution in [0.1, 0.15) is 431 Å². The highest BCUT2D eigenvalue weighted by atomic mass is 16.2. The van der Waals surface area contributed by atoms with Gasteiger partial charge >= 0.3 is 0 Å². The van der Waals surface area contributed by atoms with E-state index in [1.807, 2.05) is 14.7 Å². The second-order valence-electron chi connectivity index (χ2n) is 55.1. The minimum absolute atomic E-state index is 0. The maximum Gasteiger partial charge on any atom is 0.237 e. The Morgan fingerprint density at radius 1 is 0.221 bits per heavy atom. The van der Waals surface area contributed by atoms with Crippen molar-refractivity contribution in [2.45, 2.75) is 498 Å². The summed E-state index contributed by atoms with van der Waals surface area (Å²) in [5, 5.41) is 0. The molecule has 10 rings (SSSR count). The molecule has 0 spiro atoms. The molecule has 3 aliphatic carbocycles. The highest BCUT2D eigenvalue weighted by Crippen LogP contribution is 2.67. The largest absolute Gasteiger partial charge is 0.337 e. The lowest BCUT2D eigenvalue weighted by atomic mass is 9.42. The van der Waals surface area contributed by atoms with E-state index in [-0.39, 0.29) is 59.9 Å². The normalized spacial score (nSPS) is 24.2. The van der Waals surface area contributed by atoms with Crippen molar-refractivity contribution in [3.63, 3.8) is 0 Å². The van der Waals surface area contributed by atoms with Crippen molar-refractivity contribution in [3.8, 4) is 0 Å². The van der Waals surface area contributed by atoms with Crippen LogP contribution in [-0.2, 0) is 14.4 Å². The fraction of sp³-hybridized carbons (Fsp3) is 0.972. The average molecular weight is 1730 g/mol. The Hall–Kier alpha value is -1.95. The Labute approximate surface area is 765 Å². The molecule has 7 aliphatic heterocycles. The van der Waals surface area contributed by atoms with E-state index in [4.69, 9.17) is 0 Å². The van der Waals surface area contributed by atoms with Crippen LogP contribution in [0.25, 0.3) is 0 Å². The van der Waals surface area contributed by atoms with Gasteiger partial charge in [0.05, 0.1) is 13.1 Å². The quantitative estimate of drug-likeness (QED) is 0.231. The van der Waals surface area contributed by atoms with E-state index in [1.54, 1.807) is 0 Å². The molecule has 15 heteroatoms. The summed E-state index contributed by atoms with van der Waals surface area (Å²) < 4.78 is 0. The molecule has 122 heavy (non-hydrogen) atoms. The Morgan fingerprint density at radius 2 is 0.426 bits per heavy atom. The first-order valence-electron chi connectivity index (χ1n) is 48.9. The molecule has 0 aromatic rings. The maximum absolute atomic E-state index is 12.0. The summed E-state index contributed by atoms with van der Waals surface area (Å²) >= 11 is 0. The molecule has 0 N–H and O–H groups in total. The molecule has 3 saturated carbocycles. The van der Waals surface area contributed by atoms with Gasteiger partial charge in [0.25, 0.3) is 0 Å². The number of amides is 3. The van der Waals surface area contributed by atoms with Gasteiger partial charge in [0, 0.05) is 158 Å². The van der Waals surface area contributed by atoms with Crippen molar-refractivity contribution in [2.75, 3.05) is 137 Å². The first-order valence-corrected chi connectivity index (χ1v) is 48.9. The molecule has 728 valence electrons. The maximum atomic E-state index is 12.0. The molecule has 7 saturated heterocycles. The van der Waals surface area contributed by atoms with Crippen molar-refractivity contribution < 1.29 is 14.4 Å². The van der Waals surface area contributed by atoms with Gasteiger partial charge in [-0.05, 0) is 403 Å². The van der Waals surface area contributed by atoms with E-state index in [0.29, 0.717) is 96.6 Å². The number of piperidine rings is 2. The molecule has 0 aromatic heterocycles. The summed E-state index contributed by atoms with van der Waals surface area (Å²) in [6.45, 7) is 134. The lowest BCUT2D eigenvalue weighted by Crippen LogP contribution is -2.60. The van der Waals surface area contributed by atoms with Crippen LogP contribution in [0.2, 0.25) is 0 Å². The molecule has 3 amide bonds. The van der Waals surface area contributed by atoms with Crippen LogP contribution in [-0.4, -0.2) is 280 Å². The summed E-state index contributed by atoms with van der Waals surface area (Å²) in [6.07, 6.45) is 16.3. The van der Waals surface area contributed by atoms with Crippen molar-refractivity contribution in [1.82, 2.24) is 58.8 Å². The second kappa shape index (κ2) is 44.5. The summed E-state index contributed by atoms with van der Waals surface area (Å²) in [4.78, 5) is 64.5. The Balaban J connectivity index is 0.00000137. The third-order valence-electron chi connectivity index (χ3n) is 30.5. The van der Waals surface area contributed by atoms with Crippen LogP contribution in [0, 0.1) is 43.8 Å². The third kappa shape index (κ3) is 37.7. The molecule has 0 radical (unpaired) electrons. The fourth-order valence-corrected chi connectivity index (χ4v) is 19.7. The van der Waals surface area contributed by atoms with Gasteiger partial charge in [-0.3, -0.25) is 58.5 Å². The van der Waals surface area contributed by atoms with Crippen molar-refractivity contribution in [2.24, 2.45) is 43.8 Å². The molecule has 0 atom stereocenters. The van der Waals surface area contributed by atoms with Crippen LogP contribution in [0.3, 0.4) is 0 Å². The van der Waals surface area contributed by atoms with Crippen molar-refractivity contribution >= 4 is 17.7 Å². The zero-order valence-corrected chi connectivity index (χ0v) is 90.5. The monoisotopic (exact) mass is 1720 g/mol. The molecule has 0 aromatic carbocycles. The lowest BCUT2D eigenvalue weighted by molar-refractivity contribution is -0.144. The number of hydrogen-bond donors (Lipinski definition) is 0. The minimum Gasteiger partial charge on any atom is -0.337 e. The SMILES string of the molecule is C.C.CC(C)(C)C12CCC(C(C)(C)C)(CC1)CC2.CC(C)(C)C1CCN(C(C)(C)C)CC1.CC(C)(C)N1CCC(=O)N(C(C)(C)C)CC1.CC(C)(C)N1CCC(C)(C(C)(C)C)CC1.CC(C)(C)N1CCCN(C(C)(C)C)CC1.CC(C)(C)N1CCN(C(C)(C)C)C(=O)C1.CC(C)(C)N1CCN(C(C)(C)C)C(=O)C1.CC(C)(C)N1CCN(C(C)(C)C)CC1. The number of hydrogen-bond acceptors (Lipinski definition) is 12. The first kappa shape index (κ1) is 120. The summed E-state index contributed by atoms with van der Waals surface area (Å²) in [5.74, 6) is 1.72. The van der Waals surface area contributed by atoms with Crippen molar-refractivity contribution in [1.29, 1.82) is 0 Å². The number of piperazine rings is 3. The van der Waals surface area contributed by atoms with Gasteiger partial charge in [-0.15, -0.1) is 0 Å². The highest BCUT2D eigenvalue weighted by Gasteiger charge is 2.57. The predicted octanol–water partition coefficient (Wildman–Crippen LogP) is 24.5. The summed E-state index contributed by atoms with van der Waals surface area (Å²) in [6, 6.07) is 0. The van der Waals surface area contributed by atoms with Gasteiger partial charge in [-0.1, -0.05) is 105 Å². The smallest absolute Gasteiger partial charge is 0.237 e. The van der Waals surface area contributed by atoms with E-state index in [9.17, 15) is 14.4 Å². The van der Waals surface area contributed by atoms with Crippen LogP contribution in [0.15, 0.2) is 0 Å². The van der Waals surface area contributed by atoms with E-state index in [1.165, 1.54) is 149 Å². The van der Waals surface area contributed by atoms with Gasteiger partial charge in [0.2, 0.25) is 17.7 Å². The Bertz CT molecular complexity index is 2790. The zero-order valence-electron chi connectivity index (χ0n) is 90.5. The molecular formula is C107H222N12O3. The van der Waals surface area contributed by atoms with E-state index in [0.717, 1.165) is 51.7 Å². The zero-order chi connectivity index (χ0) is 94.1. The fourth-order valence-electron chi connectivity index (χ4n) is 19.7. The highest BCUT2D eigenvalue weighted by molar-refractivity contribution is 5.80. The van der Waals surface area contributed by atoms with Crippen LogP contribution >= 0.6 is 0 Å². The molecular weight excluding hydrogens is 1500 g/mol. The van der Waals surface area contributed by atoms with E-state index in [2.05, 4.69) is 383 Å². The predicted molar refractivity (Wildman–Crippen MR) is 539 cm³/mol. The molecule has 10 aliphatic rings. The second-order valence-corrected chi connectivity index (χ2v) is 55.1. The molecule has 2 bridgehead atoms. The number of carbonyl (C=O) groups excluding carboxylic acids is 3. The van der Waals surface area contributed by atoms with Gasteiger partial charge in [0.15, 0.2) is 0 Å². The number of likely N-dealkylation sites (tertiary alicyclic amines) is 2. The number of fused-ring (bicyclic) bond motifs is 3. The molecule has 7 heterocycles. The molecule has 15 nitrogen and oxygen atoms in total. The Kier molecular flexibility index (Phi) is 43.8. The minimum atomic E-state index is -0.0506. The van der Waals surface area contributed by atoms with E-state index < -0.39 is 0 Å². The number of carbonyl (C=O) groups is 3. The lowest BCUT2D eigenvalue weighted by Gasteiger charge is -2.62. The third-order valence-corrected chi connectivity index (χ3v) is 30.5. The summed E-state index contributed by atoms with van der Waals surface area (Å²) in [5.41, 5.74) is 6.09. The number of nitrogens with zero attached hydrogens (tertiary/aromatic N) is 12. The van der Waals surface area contributed by atoms with Gasteiger partial charge in [-0.25, -0.2) is 0 Å². The van der Waals surface area contributed by atoms with Crippen LogP contribution in [0.5, 0.6) is 0 Å². The van der Waals surface area contributed by atoms with Crippen LogP contribution < -0.4 is 0 Å². The molecule has 0 unspecified atom stereocenters. The van der Waals surface area contributed by atoms with Crippen LogP contribution in [0.4, 0.5) is 0 Å².